The van der Waals surface area contributed by atoms with E-state index in [0.29, 0.717) is 22.0 Å². The van der Waals surface area contributed by atoms with E-state index in [-0.39, 0.29) is 5.56 Å². The van der Waals surface area contributed by atoms with Crippen molar-refractivity contribution in [1.29, 1.82) is 0 Å². The van der Waals surface area contributed by atoms with Crippen LogP contribution >= 0.6 is 22.9 Å². The SMILES string of the molecule is O=c1[nH]c(Nc2ccc(Cl)cc2)nc2nccc(-c3ccsc3)c12. The second kappa shape index (κ2) is 6.07. The highest BCUT2D eigenvalue weighted by molar-refractivity contribution is 7.08. The molecule has 2 N–H and O–H groups in total. The van der Waals surface area contributed by atoms with Crippen LogP contribution in [-0.2, 0) is 0 Å². The average molecular weight is 355 g/mol. The van der Waals surface area contributed by atoms with Crippen LogP contribution in [0, 0.1) is 0 Å². The number of fused-ring (bicyclic) bond motifs is 1. The first kappa shape index (κ1) is 14.9. The zero-order valence-electron chi connectivity index (χ0n) is 12.3. The fraction of sp³-hybridized carbons (Fsp3) is 0. The Labute approximate surface area is 146 Å². The summed E-state index contributed by atoms with van der Waals surface area (Å²) in [5.74, 6) is 0.338. The Morgan fingerprint density at radius 3 is 2.71 bits per heavy atom. The van der Waals surface area contributed by atoms with Gasteiger partial charge in [0.15, 0.2) is 5.65 Å². The van der Waals surface area contributed by atoms with Gasteiger partial charge >= 0.3 is 0 Å². The summed E-state index contributed by atoms with van der Waals surface area (Å²) in [7, 11) is 0. The van der Waals surface area contributed by atoms with Crippen molar-refractivity contribution >= 4 is 45.6 Å². The molecule has 0 radical (unpaired) electrons. The van der Waals surface area contributed by atoms with Gasteiger partial charge in [-0.05, 0) is 52.7 Å². The van der Waals surface area contributed by atoms with Crippen LogP contribution in [0.5, 0.6) is 0 Å². The van der Waals surface area contributed by atoms with Crippen LogP contribution < -0.4 is 10.9 Å². The Balaban J connectivity index is 1.81. The number of hydrogen-bond donors (Lipinski definition) is 2. The van der Waals surface area contributed by atoms with Gasteiger partial charge in [0.25, 0.3) is 5.56 Å². The molecule has 5 nitrogen and oxygen atoms in total. The molecule has 0 aliphatic rings. The fourth-order valence-electron chi connectivity index (χ4n) is 2.45. The Hall–Kier alpha value is -2.70. The minimum absolute atomic E-state index is 0.231. The van der Waals surface area contributed by atoms with Gasteiger partial charge in [0, 0.05) is 22.5 Å². The Morgan fingerprint density at radius 2 is 1.96 bits per heavy atom. The van der Waals surface area contributed by atoms with E-state index < -0.39 is 0 Å². The molecule has 24 heavy (non-hydrogen) atoms. The predicted octanol–water partition coefficient (Wildman–Crippen LogP) is 4.44. The molecule has 4 aromatic rings. The lowest BCUT2D eigenvalue weighted by Crippen LogP contribution is -2.13. The van der Waals surface area contributed by atoms with Gasteiger partial charge in [-0.2, -0.15) is 16.3 Å². The molecule has 0 saturated carbocycles. The Morgan fingerprint density at radius 1 is 1.12 bits per heavy atom. The van der Waals surface area contributed by atoms with Crippen LogP contribution in [0.1, 0.15) is 0 Å². The molecule has 0 atom stereocenters. The van der Waals surface area contributed by atoms with Gasteiger partial charge in [-0.25, -0.2) is 4.98 Å². The zero-order chi connectivity index (χ0) is 16.5. The van der Waals surface area contributed by atoms with Crippen LogP contribution in [-0.4, -0.2) is 15.0 Å². The van der Waals surface area contributed by atoms with Crippen molar-refractivity contribution in [1.82, 2.24) is 15.0 Å². The summed E-state index contributed by atoms with van der Waals surface area (Å²) in [6, 6.07) is 10.9. The second-order valence-corrected chi connectivity index (χ2v) is 6.33. The fourth-order valence-corrected chi connectivity index (χ4v) is 3.23. The number of pyridine rings is 1. The molecule has 118 valence electrons. The van der Waals surface area contributed by atoms with Crippen molar-refractivity contribution in [3.8, 4) is 11.1 Å². The van der Waals surface area contributed by atoms with Gasteiger partial charge in [0.05, 0.1) is 5.39 Å². The van der Waals surface area contributed by atoms with Crippen molar-refractivity contribution in [2.45, 2.75) is 0 Å². The molecular formula is C17H11ClN4OS. The third-order valence-corrected chi connectivity index (χ3v) is 4.48. The average Bonchev–Trinajstić information content (AvgIpc) is 3.11. The van der Waals surface area contributed by atoms with Gasteiger partial charge in [0.2, 0.25) is 5.95 Å². The molecule has 0 amide bonds. The van der Waals surface area contributed by atoms with Crippen molar-refractivity contribution in [2.75, 3.05) is 5.32 Å². The van der Waals surface area contributed by atoms with Gasteiger partial charge < -0.3 is 5.32 Å². The number of benzene rings is 1. The van der Waals surface area contributed by atoms with Crippen LogP contribution in [0.2, 0.25) is 5.02 Å². The molecule has 0 bridgehead atoms. The summed E-state index contributed by atoms with van der Waals surface area (Å²) < 4.78 is 0. The van der Waals surface area contributed by atoms with Gasteiger partial charge in [-0.3, -0.25) is 9.78 Å². The lowest BCUT2D eigenvalue weighted by Gasteiger charge is -2.08. The number of aromatic amines is 1. The van der Waals surface area contributed by atoms with E-state index in [1.807, 2.05) is 35.0 Å². The van der Waals surface area contributed by atoms with Crippen molar-refractivity contribution in [2.24, 2.45) is 0 Å². The Bertz CT molecular complexity index is 1060. The normalized spacial score (nSPS) is 10.9. The van der Waals surface area contributed by atoms with Gasteiger partial charge in [0.1, 0.15) is 0 Å². The molecule has 0 unspecified atom stereocenters. The van der Waals surface area contributed by atoms with E-state index in [1.54, 1.807) is 29.7 Å². The lowest BCUT2D eigenvalue weighted by molar-refractivity contribution is 1.14. The monoisotopic (exact) mass is 354 g/mol. The van der Waals surface area contributed by atoms with Crippen molar-refractivity contribution in [3.63, 3.8) is 0 Å². The van der Waals surface area contributed by atoms with Gasteiger partial charge in [-0.1, -0.05) is 11.6 Å². The quantitative estimate of drug-likeness (QED) is 0.570. The van der Waals surface area contributed by atoms with Crippen LogP contribution in [0.25, 0.3) is 22.2 Å². The largest absolute Gasteiger partial charge is 0.326 e. The molecule has 0 aliphatic carbocycles. The van der Waals surface area contributed by atoms with Crippen molar-refractivity contribution < 1.29 is 0 Å². The molecule has 7 heteroatoms. The van der Waals surface area contributed by atoms with E-state index in [0.717, 1.165) is 16.8 Å². The summed E-state index contributed by atoms with van der Waals surface area (Å²) in [6.45, 7) is 0. The molecule has 3 aromatic heterocycles. The summed E-state index contributed by atoms with van der Waals surface area (Å²) >= 11 is 7.45. The van der Waals surface area contributed by atoms with Crippen LogP contribution in [0.3, 0.4) is 0 Å². The maximum absolute atomic E-state index is 12.6. The lowest BCUT2D eigenvalue weighted by atomic mass is 10.1. The Kier molecular flexibility index (Phi) is 3.76. The summed E-state index contributed by atoms with van der Waals surface area (Å²) in [5.41, 5.74) is 2.76. The standard InChI is InChI=1S/C17H11ClN4OS/c18-11-1-3-12(4-2-11)20-17-21-15-14(16(23)22-17)13(5-7-19-15)10-6-8-24-9-10/h1-9H,(H2,19,20,21,22,23). The molecule has 0 aliphatic heterocycles. The first-order valence-electron chi connectivity index (χ1n) is 7.15. The minimum atomic E-state index is -0.231. The number of nitrogens with zero attached hydrogens (tertiary/aromatic N) is 2. The molecule has 3 heterocycles. The summed E-state index contributed by atoms with van der Waals surface area (Å²) in [6.07, 6.45) is 1.66. The zero-order valence-corrected chi connectivity index (χ0v) is 13.9. The van der Waals surface area contributed by atoms with E-state index in [2.05, 4.69) is 20.3 Å². The molecular weight excluding hydrogens is 344 g/mol. The second-order valence-electron chi connectivity index (χ2n) is 5.12. The molecule has 1 aromatic carbocycles. The van der Waals surface area contributed by atoms with Crippen LogP contribution in [0.15, 0.2) is 58.1 Å². The van der Waals surface area contributed by atoms with E-state index >= 15 is 0 Å². The highest BCUT2D eigenvalue weighted by atomic mass is 35.5. The molecule has 0 fully saturated rings. The van der Waals surface area contributed by atoms with Crippen molar-refractivity contribution in [3.05, 3.63) is 68.7 Å². The number of hydrogen-bond acceptors (Lipinski definition) is 5. The molecule has 0 saturated heterocycles. The third-order valence-electron chi connectivity index (χ3n) is 3.55. The smallest absolute Gasteiger partial charge is 0.262 e. The number of anilines is 2. The maximum atomic E-state index is 12.6. The van der Waals surface area contributed by atoms with Gasteiger partial charge in [-0.15, -0.1) is 0 Å². The maximum Gasteiger partial charge on any atom is 0.262 e. The summed E-state index contributed by atoms with van der Waals surface area (Å²) in [5, 5.41) is 8.15. The third kappa shape index (κ3) is 2.77. The first-order valence-corrected chi connectivity index (χ1v) is 8.47. The first-order chi connectivity index (χ1) is 11.7. The number of nitrogens with one attached hydrogen (secondary N) is 2. The number of thiophene rings is 1. The highest BCUT2D eigenvalue weighted by Gasteiger charge is 2.11. The predicted molar refractivity (Wildman–Crippen MR) is 98.2 cm³/mol. The molecule has 0 spiro atoms. The molecule has 4 rings (SSSR count). The number of halogens is 1. The number of rotatable bonds is 3. The van der Waals surface area contributed by atoms with Crippen LogP contribution in [0.4, 0.5) is 11.6 Å². The van der Waals surface area contributed by atoms with E-state index in [1.165, 1.54) is 0 Å². The summed E-state index contributed by atoms with van der Waals surface area (Å²) in [4.78, 5) is 24.0. The number of aromatic nitrogens is 3. The number of H-pyrrole nitrogens is 1. The minimum Gasteiger partial charge on any atom is -0.326 e. The highest BCUT2D eigenvalue weighted by Crippen LogP contribution is 2.26. The van der Waals surface area contributed by atoms with E-state index in [4.69, 9.17) is 11.6 Å². The topological polar surface area (TPSA) is 70.7 Å². The van der Waals surface area contributed by atoms with E-state index in [9.17, 15) is 4.79 Å².